The van der Waals surface area contributed by atoms with E-state index in [1.807, 2.05) is 48.5 Å². The third-order valence-electron chi connectivity index (χ3n) is 4.80. The van der Waals surface area contributed by atoms with Crippen molar-refractivity contribution in [2.75, 3.05) is 6.61 Å². The summed E-state index contributed by atoms with van der Waals surface area (Å²) < 4.78 is 6.43. The van der Waals surface area contributed by atoms with Crippen molar-refractivity contribution in [2.24, 2.45) is 0 Å². The molecule has 29 heavy (non-hydrogen) atoms. The Morgan fingerprint density at radius 3 is 2.24 bits per heavy atom. The molecule has 5 nitrogen and oxygen atoms in total. The van der Waals surface area contributed by atoms with Gasteiger partial charge in [-0.15, -0.1) is 11.3 Å². The number of amides is 1. The molecular weight excluding hydrogens is 478 g/mol. The van der Waals surface area contributed by atoms with Crippen molar-refractivity contribution in [3.63, 3.8) is 0 Å². The SMILES string of the molecule is O=C(NC(C(=O)O)c1cc(Br)c(Cl)s1)OCC1c2ccccc2-c2ccccc21. The number of nitrogens with one attached hydrogen (secondary N) is 1. The number of carbonyl (C=O) groups is 2. The number of carboxylic acids is 1. The summed E-state index contributed by atoms with van der Waals surface area (Å²) in [4.78, 5) is 24.4. The van der Waals surface area contributed by atoms with Gasteiger partial charge in [0.1, 0.15) is 10.9 Å². The van der Waals surface area contributed by atoms with Crippen LogP contribution in [0, 0.1) is 0 Å². The largest absolute Gasteiger partial charge is 0.479 e. The van der Waals surface area contributed by atoms with Gasteiger partial charge in [0.05, 0.1) is 0 Å². The van der Waals surface area contributed by atoms with Gasteiger partial charge in [0.15, 0.2) is 6.04 Å². The van der Waals surface area contributed by atoms with Crippen LogP contribution in [0.5, 0.6) is 0 Å². The number of rotatable bonds is 5. The average Bonchev–Trinajstić information content (AvgIpc) is 3.21. The van der Waals surface area contributed by atoms with Crippen LogP contribution < -0.4 is 5.32 Å². The lowest BCUT2D eigenvalue weighted by Crippen LogP contribution is -2.34. The summed E-state index contributed by atoms with van der Waals surface area (Å²) in [7, 11) is 0. The fraction of sp³-hybridized carbons (Fsp3) is 0.143. The molecule has 2 N–H and O–H groups in total. The van der Waals surface area contributed by atoms with E-state index < -0.39 is 18.1 Å². The molecule has 1 amide bonds. The number of halogens is 2. The minimum Gasteiger partial charge on any atom is -0.479 e. The van der Waals surface area contributed by atoms with Crippen LogP contribution in [0.15, 0.2) is 59.1 Å². The Bertz CT molecular complexity index is 1030. The van der Waals surface area contributed by atoms with Crippen molar-refractivity contribution in [3.8, 4) is 11.1 Å². The Morgan fingerprint density at radius 2 is 1.72 bits per heavy atom. The van der Waals surface area contributed by atoms with Crippen molar-refractivity contribution in [3.05, 3.63) is 79.4 Å². The monoisotopic (exact) mass is 491 g/mol. The van der Waals surface area contributed by atoms with E-state index in [0.717, 1.165) is 33.6 Å². The van der Waals surface area contributed by atoms with Gasteiger partial charge in [-0.05, 0) is 44.3 Å². The van der Waals surface area contributed by atoms with E-state index in [-0.39, 0.29) is 12.5 Å². The van der Waals surface area contributed by atoms with Crippen molar-refractivity contribution < 1.29 is 19.4 Å². The zero-order valence-electron chi connectivity index (χ0n) is 14.9. The molecule has 1 atom stereocenters. The smallest absolute Gasteiger partial charge is 0.408 e. The van der Waals surface area contributed by atoms with E-state index in [2.05, 4.69) is 21.2 Å². The molecule has 0 fully saturated rings. The zero-order valence-corrected chi connectivity index (χ0v) is 18.1. The first-order valence-electron chi connectivity index (χ1n) is 8.74. The molecule has 4 rings (SSSR count). The summed E-state index contributed by atoms with van der Waals surface area (Å²) in [5, 5.41) is 11.9. The van der Waals surface area contributed by atoms with E-state index in [9.17, 15) is 14.7 Å². The first-order valence-corrected chi connectivity index (χ1v) is 10.7. The van der Waals surface area contributed by atoms with Crippen LogP contribution >= 0.6 is 38.9 Å². The second kappa shape index (κ2) is 8.18. The highest BCUT2D eigenvalue weighted by Crippen LogP contribution is 2.44. The van der Waals surface area contributed by atoms with Crippen LogP contribution in [-0.2, 0) is 9.53 Å². The van der Waals surface area contributed by atoms with Gasteiger partial charge in [-0.1, -0.05) is 60.1 Å². The number of benzene rings is 2. The maximum Gasteiger partial charge on any atom is 0.408 e. The highest BCUT2D eigenvalue weighted by molar-refractivity contribution is 9.10. The van der Waals surface area contributed by atoms with Crippen LogP contribution in [0.3, 0.4) is 0 Å². The summed E-state index contributed by atoms with van der Waals surface area (Å²) in [5.41, 5.74) is 4.42. The predicted molar refractivity (Wildman–Crippen MR) is 116 cm³/mol. The molecule has 2 aromatic carbocycles. The number of hydrogen-bond donors (Lipinski definition) is 2. The van der Waals surface area contributed by atoms with Gasteiger partial charge >= 0.3 is 12.1 Å². The first-order chi connectivity index (χ1) is 14.0. The number of alkyl carbamates (subject to hydrolysis) is 1. The summed E-state index contributed by atoms with van der Waals surface area (Å²) in [6.07, 6.45) is -0.792. The van der Waals surface area contributed by atoms with Gasteiger partial charge in [-0.3, -0.25) is 0 Å². The Hall–Kier alpha value is -2.35. The highest BCUT2D eigenvalue weighted by Gasteiger charge is 2.30. The zero-order chi connectivity index (χ0) is 20.5. The summed E-state index contributed by atoms with van der Waals surface area (Å²) in [6, 6.07) is 16.3. The molecule has 1 unspecified atom stereocenters. The van der Waals surface area contributed by atoms with E-state index in [4.69, 9.17) is 16.3 Å². The second-order valence-electron chi connectivity index (χ2n) is 6.51. The summed E-state index contributed by atoms with van der Waals surface area (Å²) in [6.45, 7) is 0.112. The van der Waals surface area contributed by atoms with Crippen LogP contribution in [-0.4, -0.2) is 23.8 Å². The molecule has 1 aliphatic carbocycles. The molecule has 0 radical (unpaired) electrons. The second-order valence-corrected chi connectivity index (χ2v) is 9.05. The topological polar surface area (TPSA) is 75.6 Å². The number of carbonyl (C=O) groups excluding carboxylic acids is 1. The molecule has 0 bridgehead atoms. The standard InChI is InChI=1S/C21H15BrClNO4S/c22-16-9-17(29-19(16)23)18(20(25)26)24-21(27)28-10-15-13-7-3-1-5-11(13)12-6-2-4-8-14(12)15/h1-9,15,18H,10H2,(H,24,27)(H,25,26). The summed E-state index contributed by atoms with van der Waals surface area (Å²) in [5.74, 6) is -1.29. The average molecular weight is 493 g/mol. The van der Waals surface area contributed by atoms with E-state index in [1.54, 1.807) is 6.07 Å². The minimum atomic E-state index is -1.24. The maximum absolute atomic E-state index is 12.4. The van der Waals surface area contributed by atoms with E-state index in [1.165, 1.54) is 0 Å². The van der Waals surface area contributed by atoms with E-state index >= 15 is 0 Å². The Kier molecular flexibility index (Phi) is 5.63. The van der Waals surface area contributed by atoms with E-state index in [0.29, 0.717) is 13.7 Å². The molecule has 8 heteroatoms. The molecule has 1 aromatic heterocycles. The normalized spacial score (nSPS) is 13.4. The quantitative estimate of drug-likeness (QED) is 0.470. The molecule has 0 saturated carbocycles. The third kappa shape index (κ3) is 3.90. The molecule has 3 aromatic rings. The Morgan fingerprint density at radius 1 is 1.14 bits per heavy atom. The Labute approximate surface area is 184 Å². The van der Waals surface area contributed by atoms with Gasteiger partial charge in [0, 0.05) is 15.3 Å². The number of hydrogen-bond acceptors (Lipinski definition) is 4. The molecule has 148 valence electrons. The first kappa shape index (κ1) is 19.9. The van der Waals surface area contributed by atoms with Gasteiger partial charge in [0.2, 0.25) is 0 Å². The summed E-state index contributed by atoms with van der Waals surface area (Å²) >= 11 is 10.3. The van der Waals surface area contributed by atoms with Crippen LogP contribution in [0.2, 0.25) is 4.34 Å². The van der Waals surface area contributed by atoms with Gasteiger partial charge in [0.25, 0.3) is 0 Å². The van der Waals surface area contributed by atoms with Crippen molar-refractivity contribution >= 4 is 50.9 Å². The molecule has 1 aliphatic rings. The van der Waals surface area contributed by atoms with Gasteiger partial charge in [-0.2, -0.15) is 0 Å². The molecular formula is C21H15BrClNO4S. The van der Waals surface area contributed by atoms with Gasteiger partial charge in [-0.25, -0.2) is 9.59 Å². The van der Waals surface area contributed by atoms with Crippen molar-refractivity contribution in [2.45, 2.75) is 12.0 Å². The third-order valence-corrected chi connectivity index (χ3v) is 7.34. The van der Waals surface area contributed by atoms with Crippen LogP contribution in [0.4, 0.5) is 4.79 Å². The van der Waals surface area contributed by atoms with Gasteiger partial charge < -0.3 is 15.2 Å². The maximum atomic E-state index is 12.4. The predicted octanol–water partition coefficient (Wildman–Crippen LogP) is 5.83. The molecule has 1 heterocycles. The minimum absolute atomic E-state index is 0.0956. The molecule has 0 saturated heterocycles. The number of thiophene rings is 1. The number of ether oxygens (including phenoxy) is 1. The fourth-order valence-electron chi connectivity index (χ4n) is 3.52. The van der Waals surface area contributed by atoms with Crippen molar-refractivity contribution in [1.82, 2.24) is 5.32 Å². The molecule has 0 spiro atoms. The highest BCUT2D eigenvalue weighted by atomic mass is 79.9. The lowest BCUT2D eigenvalue weighted by Gasteiger charge is -2.16. The lowest BCUT2D eigenvalue weighted by atomic mass is 9.98. The lowest BCUT2D eigenvalue weighted by molar-refractivity contribution is -0.139. The number of fused-ring (bicyclic) bond motifs is 3. The molecule has 0 aliphatic heterocycles. The van der Waals surface area contributed by atoms with Crippen LogP contribution in [0.25, 0.3) is 11.1 Å². The Balaban J connectivity index is 1.49. The van der Waals surface area contributed by atoms with Crippen LogP contribution in [0.1, 0.15) is 28.0 Å². The number of carboxylic acid groups (broad SMARTS) is 1. The van der Waals surface area contributed by atoms with Crippen molar-refractivity contribution in [1.29, 1.82) is 0 Å². The number of aliphatic carboxylic acids is 1. The fourth-order valence-corrected chi connectivity index (χ4v) is 5.30.